The van der Waals surface area contributed by atoms with E-state index >= 15 is 0 Å². The zero-order chi connectivity index (χ0) is 55.7. The minimum absolute atomic E-state index is 0.0378. The minimum Gasteiger partial charge on any atom is -0.456 e. The van der Waals surface area contributed by atoms with E-state index in [1.807, 2.05) is 33.3 Å². The van der Waals surface area contributed by atoms with Gasteiger partial charge in [0.25, 0.3) is 0 Å². The first-order chi connectivity index (χ1) is 36.9. The fourth-order valence-corrected chi connectivity index (χ4v) is 9.91. The molecule has 3 unspecified atom stereocenters. The molecule has 2 N–H and O–H groups in total. The molecular weight excluding hydrogens is 964 g/mol. The molecule has 0 aliphatic heterocycles. The van der Waals surface area contributed by atoms with Gasteiger partial charge in [-0.1, -0.05) is 249 Å². The van der Waals surface area contributed by atoms with E-state index in [2.05, 4.69) is 74.7 Å². The monoisotopic (exact) mass is 1090 g/mol. The van der Waals surface area contributed by atoms with Gasteiger partial charge < -0.3 is 19.4 Å². The summed E-state index contributed by atoms with van der Waals surface area (Å²) in [6, 6.07) is -0.853. The number of phosphoric acid groups is 1. The smallest absolute Gasteiger partial charge is 0.456 e. The van der Waals surface area contributed by atoms with E-state index in [1.165, 1.54) is 180 Å². The van der Waals surface area contributed by atoms with E-state index in [0.717, 1.165) is 83.5 Å². The highest BCUT2D eigenvalue weighted by atomic mass is 31.2. The van der Waals surface area contributed by atoms with Crippen molar-refractivity contribution in [2.75, 3.05) is 40.9 Å². The number of unbranched alkanes of at least 4 members (excludes halogenated alkanes) is 34. The Morgan fingerprint density at radius 3 is 1.21 bits per heavy atom. The van der Waals surface area contributed by atoms with E-state index in [9.17, 15) is 19.0 Å². The van der Waals surface area contributed by atoms with Crippen LogP contribution in [0.1, 0.15) is 297 Å². The lowest BCUT2D eigenvalue weighted by Gasteiger charge is -2.27. The Morgan fingerprint density at radius 2 is 0.803 bits per heavy atom. The Balaban J connectivity index is 5.21. The Hall–Kier alpha value is -2.29. The van der Waals surface area contributed by atoms with Crippen LogP contribution in [-0.4, -0.2) is 74.3 Å². The summed E-state index contributed by atoms with van der Waals surface area (Å²) >= 11 is 0. The predicted octanol–water partition coefficient (Wildman–Crippen LogP) is 19.8. The van der Waals surface area contributed by atoms with Crippen molar-refractivity contribution in [3.63, 3.8) is 0 Å². The van der Waals surface area contributed by atoms with Gasteiger partial charge in [0.2, 0.25) is 5.91 Å². The standard InChI is InChI=1S/C66H123N2O7P/c1-7-10-13-16-19-22-25-28-30-32-33-34-35-37-38-40-43-46-49-52-55-58-65(69)67-63(62-74-76(71,72)73-61-60-68(4,5)6)64(57-54-51-48-45-42-27-24-21-18-15-12-9-3)75-66(70)59-56-53-50-47-44-41-39-36-31-29-26-23-20-17-14-11-8-2/h19-20,22-23,28-31,54,57,63-64H,7-18,21,24-27,32-53,55-56,58-62H2,1-6H3,(H-,67,69,71,72)/p+1/b22-19-,23-20-,30-28-,31-29-,57-54-. The summed E-state index contributed by atoms with van der Waals surface area (Å²) in [4.78, 5) is 37.7. The van der Waals surface area contributed by atoms with Crippen molar-refractivity contribution in [1.82, 2.24) is 5.32 Å². The second kappa shape index (κ2) is 56.0. The molecule has 0 radical (unpaired) electrons. The highest BCUT2D eigenvalue weighted by molar-refractivity contribution is 7.47. The number of phosphoric ester groups is 1. The molecule has 0 bridgehead atoms. The molecule has 0 rings (SSSR count). The second-order valence-corrected chi connectivity index (χ2v) is 24.4. The first-order valence-electron chi connectivity index (χ1n) is 32.1. The van der Waals surface area contributed by atoms with E-state index < -0.39 is 20.0 Å². The minimum atomic E-state index is -4.45. The highest BCUT2D eigenvalue weighted by Gasteiger charge is 2.30. The van der Waals surface area contributed by atoms with E-state index in [1.54, 1.807) is 0 Å². The molecule has 0 aromatic heterocycles. The molecule has 76 heavy (non-hydrogen) atoms. The van der Waals surface area contributed by atoms with Crippen LogP contribution in [0.4, 0.5) is 0 Å². The molecule has 0 fully saturated rings. The van der Waals surface area contributed by atoms with Gasteiger partial charge in [-0.15, -0.1) is 0 Å². The van der Waals surface area contributed by atoms with Crippen molar-refractivity contribution in [1.29, 1.82) is 0 Å². The first kappa shape index (κ1) is 73.7. The van der Waals surface area contributed by atoms with Crippen molar-refractivity contribution >= 4 is 19.7 Å². The number of ether oxygens (including phenoxy) is 1. The number of hydrogen-bond donors (Lipinski definition) is 2. The number of hydrogen-bond acceptors (Lipinski definition) is 6. The molecule has 0 aromatic rings. The zero-order valence-corrected chi connectivity index (χ0v) is 51.6. The number of carbonyl (C=O) groups excluding carboxylic acids is 2. The summed E-state index contributed by atoms with van der Waals surface area (Å²) in [5.74, 6) is -0.510. The maximum absolute atomic E-state index is 13.6. The molecule has 0 aliphatic carbocycles. The fourth-order valence-electron chi connectivity index (χ4n) is 9.18. The topological polar surface area (TPSA) is 111 Å². The summed E-state index contributed by atoms with van der Waals surface area (Å²) in [5.41, 5.74) is 0. The van der Waals surface area contributed by atoms with Gasteiger partial charge in [-0.05, 0) is 96.0 Å². The van der Waals surface area contributed by atoms with Crippen LogP contribution in [-0.2, 0) is 27.9 Å². The van der Waals surface area contributed by atoms with Crippen LogP contribution in [0.3, 0.4) is 0 Å². The van der Waals surface area contributed by atoms with Crippen molar-refractivity contribution < 1.29 is 37.3 Å². The lowest BCUT2D eigenvalue weighted by Crippen LogP contribution is -2.47. The van der Waals surface area contributed by atoms with Crippen molar-refractivity contribution in [2.45, 2.75) is 309 Å². The lowest BCUT2D eigenvalue weighted by molar-refractivity contribution is -0.870. The van der Waals surface area contributed by atoms with Gasteiger partial charge in [-0.2, -0.15) is 0 Å². The molecule has 0 saturated carbocycles. The third-order valence-corrected chi connectivity index (χ3v) is 15.2. The van der Waals surface area contributed by atoms with Crippen LogP contribution >= 0.6 is 7.82 Å². The van der Waals surface area contributed by atoms with Crippen molar-refractivity contribution in [3.8, 4) is 0 Å². The van der Waals surface area contributed by atoms with Gasteiger partial charge in [0.1, 0.15) is 19.3 Å². The predicted molar refractivity (Wildman–Crippen MR) is 328 cm³/mol. The van der Waals surface area contributed by atoms with Crippen LogP contribution in [0.5, 0.6) is 0 Å². The zero-order valence-electron chi connectivity index (χ0n) is 50.7. The van der Waals surface area contributed by atoms with E-state index in [4.69, 9.17) is 13.8 Å². The van der Waals surface area contributed by atoms with Crippen LogP contribution < -0.4 is 5.32 Å². The number of quaternary nitrogens is 1. The second-order valence-electron chi connectivity index (χ2n) is 22.9. The number of rotatable bonds is 58. The number of esters is 1. The van der Waals surface area contributed by atoms with Gasteiger partial charge in [0.05, 0.1) is 33.8 Å². The number of allylic oxidation sites excluding steroid dienone is 9. The molecular formula is C66H124N2O7P+. The summed E-state index contributed by atoms with van der Waals surface area (Å²) in [7, 11) is 1.49. The summed E-state index contributed by atoms with van der Waals surface area (Å²) in [5, 5.41) is 3.06. The molecule has 10 heteroatoms. The molecule has 0 aromatic carbocycles. The van der Waals surface area contributed by atoms with Gasteiger partial charge in [0, 0.05) is 12.8 Å². The van der Waals surface area contributed by atoms with Gasteiger partial charge >= 0.3 is 13.8 Å². The fraction of sp³-hybridized carbons (Fsp3) is 0.818. The Kier molecular flexibility index (Phi) is 54.3. The number of carbonyl (C=O) groups is 2. The average Bonchev–Trinajstić information content (AvgIpc) is 3.38. The number of nitrogens with zero attached hydrogens (tertiary/aromatic N) is 1. The van der Waals surface area contributed by atoms with Crippen LogP contribution in [0, 0.1) is 0 Å². The molecule has 444 valence electrons. The Labute approximate surface area is 471 Å². The lowest BCUT2D eigenvalue weighted by atomic mass is 10.0. The molecule has 3 atom stereocenters. The SMILES string of the molecule is CCCCC/C=C\C/C=C\CCCCCCCCCCCCCC(=O)NC(COP(=O)(O)OCC[N+](C)(C)C)C(/C=C\CCCCCCCCCCCC)OC(=O)CCCCCCCCC/C=C\C/C=C\CCCCC. The molecule has 1 amide bonds. The molecule has 0 saturated heterocycles. The highest BCUT2D eigenvalue weighted by Crippen LogP contribution is 2.43. The number of nitrogens with one attached hydrogen (secondary N) is 1. The van der Waals surface area contributed by atoms with Crippen molar-refractivity contribution in [3.05, 3.63) is 60.8 Å². The van der Waals surface area contributed by atoms with Gasteiger partial charge in [-0.25, -0.2) is 4.57 Å². The normalized spacial score (nSPS) is 14.0. The maximum Gasteiger partial charge on any atom is 0.472 e. The third-order valence-electron chi connectivity index (χ3n) is 14.2. The summed E-state index contributed by atoms with van der Waals surface area (Å²) in [6.45, 7) is 6.98. The van der Waals surface area contributed by atoms with Crippen LogP contribution in [0.15, 0.2) is 60.8 Å². The summed E-state index contributed by atoms with van der Waals surface area (Å²) in [6.07, 6.45) is 70.7. The Morgan fingerprint density at radius 1 is 0.461 bits per heavy atom. The van der Waals surface area contributed by atoms with Crippen LogP contribution in [0.2, 0.25) is 0 Å². The largest absolute Gasteiger partial charge is 0.472 e. The number of amides is 1. The van der Waals surface area contributed by atoms with E-state index in [0.29, 0.717) is 17.4 Å². The van der Waals surface area contributed by atoms with Gasteiger partial charge in [-0.3, -0.25) is 18.6 Å². The average molecular weight is 1090 g/mol. The molecule has 0 spiro atoms. The van der Waals surface area contributed by atoms with E-state index in [-0.39, 0.29) is 31.5 Å². The molecule has 9 nitrogen and oxygen atoms in total. The van der Waals surface area contributed by atoms with Crippen LogP contribution in [0.25, 0.3) is 0 Å². The molecule has 0 aliphatic rings. The van der Waals surface area contributed by atoms with Gasteiger partial charge in [0.15, 0.2) is 0 Å². The first-order valence-corrected chi connectivity index (χ1v) is 33.6. The number of likely N-dealkylation sites (N-methyl/N-ethyl adjacent to an activating group) is 1. The summed E-state index contributed by atoms with van der Waals surface area (Å²) < 4.78 is 30.7. The Bertz CT molecular complexity index is 1490. The molecule has 0 heterocycles. The third kappa shape index (κ3) is 56.4. The van der Waals surface area contributed by atoms with Crippen molar-refractivity contribution in [2.24, 2.45) is 0 Å². The maximum atomic E-state index is 13.6. The quantitative estimate of drug-likeness (QED) is 0.0205.